The Morgan fingerprint density at radius 2 is 2.19 bits per heavy atom. The van der Waals surface area contributed by atoms with Crippen LogP contribution in [0.5, 0.6) is 0 Å². The molecule has 1 aliphatic rings. The molecule has 0 bridgehead atoms. The van der Waals surface area contributed by atoms with E-state index in [9.17, 15) is 0 Å². The normalized spacial score (nSPS) is 18.8. The Morgan fingerprint density at radius 3 is 2.81 bits per heavy atom. The first-order valence-electron chi connectivity index (χ1n) is 6.53. The third kappa shape index (κ3) is 3.05. The molecule has 1 aromatic rings. The van der Waals surface area contributed by atoms with Gasteiger partial charge in [0.05, 0.1) is 0 Å². The Labute approximate surface area is 98.5 Å². The lowest BCUT2D eigenvalue weighted by Crippen LogP contribution is -2.37. The van der Waals surface area contributed by atoms with Gasteiger partial charge in [0.2, 0.25) is 0 Å². The zero-order chi connectivity index (χ0) is 11.2. The molecule has 0 saturated heterocycles. The molecule has 0 amide bonds. The molecule has 0 spiro atoms. The summed E-state index contributed by atoms with van der Waals surface area (Å²) in [5, 5.41) is 3.63. The lowest BCUT2D eigenvalue weighted by Gasteiger charge is -2.23. The predicted octanol–water partition coefficient (Wildman–Crippen LogP) is 2.79. The van der Waals surface area contributed by atoms with Crippen molar-refractivity contribution in [2.24, 2.45) is 5.92 Å². The maximum atomic E-state index is 4.43. The van der Waals surface area contributed by atoms with Gasteiger partial charge in [0, 0.05) is 24.4 Å². The van der Waals surface area contributed by atoms with Gasteiger partial charge in [0.1, 0.15) is 0 Å². The standard InChI is InChI=1S/C14H22N2/c1-2-15-14(12-7-3-4-8-12)11-13-9-5-6-10-16-13/h5-6,9-10,12,14-15H,2-4,7-8,11H2,1H3. The summed E-state index contributed by atoms with van der Waals surface area (Å²) in [7, 11) is 0. The molecule has 16 heavy (non-hydrogen) atoms. The molecule has 1 aliphatic carbocycles. The van der Waals surface area contributed by atoms with Crippen LogP contribution in [0.15, 0.2) is 24.4 Å². The van der Waals surface area contributed by atoms with E-state index in [1.807, 2.05) is 12.3 Å². The highest BCUT2D eigenvalue weighted by atomic mass is 14.9. The molecule has 2 nitrogen and oxygen atoms in total. The van der Waals surface area contributed by atoms with Crippen LogP contribution in [0.3, 0.4) is 0 Å². The molecule has 1 fully saturated rings. The first kappa shape index (κ1) is 11.6. The van der Waals surface area contributed by atoms with Crippen LogP contribution in [-0.2, 0) is 6.42 Å². The van der Waals surface area contributed by atoms with Crippen LogP contribution in [0.1, 0.15) is 38.3 Å². The molecule has 1 heterocycles. The molecular weight excluding hydrogens is 196 g/mol. The summed E-state index contributed by atoms with van der Waals surface area (Å²) in [4.78, 5) is 4.43. The van der Waals surface area contributed by atoms with Crippen molar-refractivity contribution < 1.29 is 0 Å². The zero-order valence-corrected chi connectivity index (χ0v) is 10.2. The molecule has 0 aromatic carbocycles. The number of hydrogen-bond donors (Lipinski definition) is 1. The Morgan fingerprint density at radius 1 is 1.38 bits per heavy atom. The van der Waals surface area contributed by atoms with Gasteiger partial charge in [-0.3, -0.25) is 4.98 Å². The number of hydrogen-bond acceptors (Lipinski definition) is 2. The first-order valence-corrected chi connectivity index (χ1v) is 6.53. The minimum Gasteiger partial charge on any atom is -0.314 e. The van der Waals surface area contributed by atoms with Crippen molar-refractivity contribution in [3.05, 3.63) is 30.1 Å². The predicted molar refractivity (Wildman–Crippen MR) is 67.4 cm³/mol. The molecule has 2 rings (SSSR count). The maximum absolute atomic E-state index is 4.43. The molecule has 1 atom stereocenters. The molecule has 1 N–H and O–H groups in total. The number of nitrogens with one attached hydrogen (secondary N) is 1. The number of pyridine rings is 1. The summed E-state index contributed by atoms with van der Waals surface area (Å²) in [6.45, 7) is 3.26. The largest absolute Gasteiger partial charge is 0.314 e. The van der Waals surface area contributed by atoms with Gasteiger partial charge in [-0.15, -0.1) is 0 Å². The van der Waals surface area contributed by atoms with Gasteiger partial charge in [-0.05, 0) is 37.4 Å². The van der Waals surface area contributed by atoms with Crippen LogP contribution in [0.4, 0.5) is 0 Å². The monoisotopic (exact) mass is 218 g/mol. The third-order valence-corrected chi connectivity index (χ3v) is 3.59. The zero-order valence-electron chi connectivity index (χ0n) is 10.2. The van der Waals surface area contributed by atoms with Gasteiger partial charge in [0.25, 0.3) is 0 Å². The Bertz CT molecular complexity index is 291. The molecular formula is C14H22N2. The molecule has 88 valence electrons. The molecule has 1 unspecified atom stereocenters. The highest BCUT2D eigenvalue weighted by Gasteiger charge is 2.24. The second-order valence-corrected chi connectivity index (χ2v) is 4.73. The van der Waals surface area contributed by atoms with Gasteiger partial charge >= 0.3 is 0 Å². The lowest BCUT2D eigenvalue weighted by atomic mass is 9.94. The van der Waals surface area contributed by atoms with E-state index in [1.165, 1.54) is 31.4 Å². The molecule has 2 heteroatoms. The summed E-state index contributed by atoms with van der Waals surface area (Å²) in [5.74, 6) is 0.863. The fourth-order valence-electron chi connectivity index (χ4n) is 2.77. The van der Waals surface area contributed by atoms with Crippen molar-refractivity contribution in [1.29, 1.82) is 0 Å². The number of likely N-dealkylation sites (N-methyl/N-ethyl adjacent to an activating group) is 1. The third-order valence-electron chi connectivity index (χ3n) is 3.59. The second-order valence-electron chi connectivity index (χ2n) is 4.73. The average Bonchev–Trinajstić information content (AvgIpc) is 2.83. The summed E-state index contributed by atoms with van der Waals surface area (Å²) in [6, 6.07) is 6.84. The number of nitrogens with zero attached hydrogens (tertiary/aromatic N) is 1. The van der Waals surface area contributed by atoms with E-state index >= 15 is 0 Å². The van der Waals surface area contributed by atoms with Gasteiger partial charge in [-0.2, -0.15) is 0 Å². The van der Waals surface area contributed by atoms with E-state index in [4.69, 9.17) is 0 Å². The van der Waals surface area contributed by atoms with Crippen LogP contribution >= 0.6 is 0 Å². The number of aromatic nitrogens is 1. The van der Waals surface area contributed by atoms with Crippen molar-refractivity contribution in [2.45, 2.75) is 45.1 Å². The van der Waals surface area contributed by atoms with Gasteiger partial charge < -0.3 is 5.32 Å². The van der Waals surface area contributed by atoms with E-state index in [1.54, 1.807) is 0 Å². The Hall–Kier alpha value is -0.890. The first-order chi connectivity index (χ1) is 7.90. The molecule has 1 aromatic heterocycles. The van der Waals surface area contributed by atoms with Crippen LogP contribution in [0.2, 0.25) is 0 Å². The molecule has 1 saturated carbocycles. The second kappa shape index (κ2) is 6.00. The van der Waals surface area contributed by atoms with Crippen LogP contribution < -0.4 is 5.32 Å². The summed E-state index contributed by atoms with van der Waals surface area (Å²) >= 11 is 0. The van der Waals surface area contributed by atoms with E-state index < -0.39 is 0 Å². The number of rotatable bonds is 5. The van der Waals surface area contributed by atoms with E-state index in [0.29, 0.717) is 6.04 Å². The molecule has 0 aliphatic heterocycles. The summed E-state index contributed by atoms with van der Waals surface area (Å²) < 4.78 is 0. The van der Waals surface area contributed by atoms with E-state index in [-0.39, 0.29) is 0 Å². The van der Waals surface area contributed by atoms with Crippen molar-refractivity contribution in [1.82, 2.24) is 10.3 Å². The summed E-state index contributed by atoms with van der Waals surface area (Å²) in [6.07, 6.45) is 8.59. The Balaban J connectivity index is 1.96. The van der Waals surface area contributed by atoms with Gasteiger partial charge in [-0.25, -0.2) is 0 Å². The lowest BCUT2D eigenvalue weighted by molar-refractivity contribution is 0.360. The van der Waals surface area contributed by atoms with E-state index in [2.05, 4.69) is 29.4 Å². The van der Waals surface area contributed by atoms with Gasteiger partial charge in [-0.1, -0.05) is 25.8 Å². The van der Waals surface area contributed by atoms with Crippen molar-refractivity contribution >= 4 is 0 Å². The minimum absolute atomic E-state index is 0.627. The maximum Gasteiger partial charge on any atom is 0.0419 e. The quantitative estimate of drug-likeness (QED) is 0.822. The van der Waals surface area contributed by atoms with Crippen molar-refractivity contribution in [3.8, 4) is 0 Å². The SMILES string of the molecule is CCNC(Cc1ccccn1)C1CCCC1. The van der Waals surface area contributed by atoms with Crippen LogP contribution in [0, 0.1) is 5.92 Å². The minimum atomic E-state index is 0.627. The highest BCUT2D eigenvalue weighted by Crippen LogP contribution is 2.28. The Kier molecular flexibility index (Phi) is 4.34. The van der Waals surface area contributed by atoms with E-state index in [0.717, 1.165) is 18.9 Å². The van der Waals surface area contributed by atoms with Crippen molar-refractivity contribution in [2.75, 3.05) is 6.54 Å². The van der Waals surface area contributed by atoms with Crippen LogP contribution in [-0.4, -0.2) is 17.6 Å². The topological polar surface area (TPSA) is 24.9 Å². The fourth-order valence-corrected chi connectivity index (χ4v) is 2.77. The highest BCUT2D eigenvalue weighted by molar-refractivity contribution is 5.06. The molecule has 0 radical (unpaired) electrons. The van der Waals surface area contributed by atoms with Crippen LogP contribution in [0.25, 0.3) is 0 Å². The summed E-state index contributed by atoms with van der Waals surface area (Å²) in [5.41, 5.74) is 1.22. The van der Waals surface area contributed by atoms with Crippen molar-refractivity contribution in [3.63, 3.8) is 0 Å². The van der Waals surface area contributed by atoms with Gasteiger partial charge in [0.15, 0.2) is 0 Å². The fraction of sp³-hybridized carbons (Fsp3) is 0.643. The average molecular weight is 218 g/mol. The smallest absolute Gasteiger partial charge is 0.0419 e.